The lowest BCUT2D eigenvalue weighted by Crippen LogP contribution is -2.30. The van der Waals surface area contributed by atoms with Crippen molar-refractivity contribution in [2.45, 2.75) is 322 Å². The van der Waals surface area contributed by atoms with Crippen LogP contribution in [0, 0.1) is 0 Å². The van der Waals surface area contributed by atoms with Crippen molar-refractivity contribution < 1.29 is 28.6 Å². The molecule has 0 amide bonds. The van der Waals surface area contributed by atoms with Gasteiger partial charge in [0, 0.05) is 19.3 Å². The average Bonchev–Trinajstić information content (AvgIpc) is 3.45. The Bertz CT molecular complexity index is 1590. The van der Waals surface area contributed by atoms with Gasteiger partial charge in [0.15, 0.2) is 6.10 Å². The van der Waals surface area contributed by atoms with Crippen LogP contribution in [0.15, 0.2) is 109 Å². The van der Waals surface area contributed by atoms with Gasteiger partial charge in [-0.2, -0.15) is 0 Å². The molecule has 0 aromatic carbocycles. The van der Waals surface area contributed by atoms with Crippen LogP contribution in [0.2, 0.25) is 0 Å². The molecule has 6 nitrogen and oxygen atoms in total. The van der Waals surface area contributed by atoms with E-state index in [0.717, 1.165) is 116 Å². The second kappa shape index (κ2) is 66.6. The van der Waals surface area contributed by atoms with Crippen molar-refractivity contribution in [3.8, 4) is 0 Å². The Labute approximate surface area is 489 Å². The molecular weight excluding hydrogens is 973 g/mol. The van der Waals surface area contributed by atoms with Gasteiger partial charge in [0.1, 0.15) is 13.2 Å². The molecule has 0 spiro atoms. The van der Waals surface area contributed by atoms with Crippen molar-refractivity contribution in [3.63, 3.8) is 0 Å². The molecule has 0 radical (unpaired) electrons. The maximum Gasteiger partial charge on any atom is 0.306 e. The van der Waals surface area contributed by atoms with Gasteiger partial charge in [0.25, 0.3) is 0 Å². The highest BCUT2D eigenvalue weighted by Crippen LogP contribution is 2.16. The number of ether oxygens (including phenoxy) is 3. The molecule has 0 rings (SSSR count). The Kier molecular flexibility index (Phi) is 63.3. The lowest BCUT2D eigenvalue weighted by Gasteiger charge is -2.18. The highest BCUT2D eigenvalue weighted by atomic mass is 16.6. The van der Waals surface area contributed by atoms with Crippen LogP contribution < -0.4 is 0 Å². The van der Waals surface area contributed by atoms with Gasteiger partial charge in [0.05, 0.1) is 0 Å². The van der Waals surface area contributed by atoms with Crippen LogP contribution in [0.4, 0.5) is 0 Å². The molecule has 6 heteroatoms. The number of allylic oxidation sites excluding steroid dienone is 18. The zero-order chi connectivity index (χ0) is 57.1. The Hall–Kier alpha value is -3.93. The summed E-state index contributed by atoms with van der Waals surface area (Å²) in [6.07, 6.45) is 91.0. The second-order valence-corrected chi connectivity index (χ2v) is 22.0. The van der Waals surface area contributed by atoms with Crippen molar-refractivity contribution in [1.29, 1.82) is 0 Å². The smallest absolute Gasteiger partial charge is 0.306 e. The van der Waals surface area contributed by atoms with Crippen LogP contribution in [-0.4, -0.2) is 37.2 Å². The zero-order valence-electron chi connectivity index (χ0n) is 51.9. The van der Waals surface area contributed by atoms with Crippen molar-refractivity contribution in [2.24, 2.45) is 0 Å². The molecule has 0 saturated heterocycles. The SMILES string of the molecule is CC/C=C\C/C=C\C/C=C\CCCCCC(=O)OCC(COC(=O)CCCCCCCCCCCC/C=C\C/C=C\C/C=C\CCCCCCC)OC(=O)CCCCCCCCCC/C=C\C/C=C\C/C=C\CCCCCCC. The molecule has 0 bridgehead atoms. The number of carbonyl (C=O) groups is 3. The Morgan fingerprint density at radius 3 is 0.785 bits per heavy atom. The summed E-state index contributed by atoms with van der Waals surface area (Å²) in [5, 5.41) is 0. The summed E-state index contributed by atoms with van der Waals surface area (Å²) in [6.45, 7) is 6.49. The van der Waals surface area contributed by atoms with Crippen LogP contribution in [0.3, 0.4) is 0 Å². The van der Waals surface area contributed by atoms with E-state index >= 15 is 0 Å². The number of carbonyl (C=O) groups excluding carboxylic acids is 3. The molecule has 0 aromatic rings. The molecule has 452 valence electrons. The first-order chi connectivity index (χ1) is 39.0. The molecule has 0 aliphatic rings. The van der Waals surface area contributed by atoms with Gasteiger partial charge in [-0.15, -0.1) is 0 Å². The largest absolute Gasteiger partial charge is 0.462 e. The zero-order valence-corrected chi connectivity index (χ0v) is 51.9. The number of unbranched alkanes of at least 4 members (excludes halogenated alkanes) is 31. The van der Waals surface area contributed by atoms with Gasteiger partial charge in [-0.1, -0.05) is 278 Å². The molecule has 1 unspecified atom stereocenters. The normalized spacial score (nSPS) is 12.8. The van der Waals surface area contributed by atoms with Crippen LogP contribution in [-0.2, 0) is 28.6 Å². The second-order valence-electron chi connectivity index (χ2n) is 22.0. The molecule has 79 heavy (non-hydrogen) atoms. The van der Waals surface area contributed by atoms with Crippen LogP contribution >= 0.6 is 0 Å². The molecule has 0 aliphatic heterocycles. The number of hydrogen-bond donors (Lipinski definition) is 0. The fraction of sp³-hybridized carbons (Fsp3) is 0.712. The van der Waals surface area contributed by atoms with Crippen molar-refractivity contribution in [3.05, 3.63) is 109 Å². The summed E-state index contributed by atoms with van der Waals surface area (Å²) in [4.78, 5) is 38.3. The fourth-order valence-corrected chi connectivity index (χ4v) is 9.24. The van der Waals surface area contributed by atoms with Gasteiger partial charge in [-0.3, -0.25) is 14.4 Å². The van der Waals surface area contributed by atoms with E-state index in [1.54, 1.807) is 0 Å². The summed E-state index contributed by atoms with van der Waals surface area (Å²) < 4.78 is 16.9. The average molecular weight is 1100 g/mol. The minimum absolute atomic E-state index is 0.0933. The van der Waals surface area contributed by atoms with E-state index in [4.69, 9.17) is 14.2 Å². The summed E-state index contributed by atoms with van der Waals surface area (Å²) in [5.41, 5.74) is 0. The first kappa shape index (κ1) is 75.1. The first-order valence-electron chi connectivity index (χ1n) is 33.4. The van der Waals surface area contributed by atoms with E-state index in [0.29, 0.717) is 19.3 Å². The monoisotopic (exact) mass is 1100 g/mol. The Balaban J connectivity index is 4.36. The van der Waals surface area contributed by atoms with Crippen molar-refractivity contribution >= 4 is 17.9 Å². The van der Waals surface area contributed by atoms with Crippen molar-refractivity contribution in [2.75, 3.05) is 13.2 Å². The van der Waals surface area contributed by atoms with Gasteiger partial charge in [-0.05, 0) is 128 Å². The van der Waals surface area contributed by atoms with E-state index in [-0.39, 0.29) is 31.1 Å². The lowest BCUT2D eigenvalue weighted by atomic mass is 10.1. The van der Waals surface area contributed by atoms with Crippen molar-refractivity contribution in [1.82, 2.24) is 0 Å². The Morgan fingerprint density at radius 1 is 0.266 bits per heavy atom. The third kappa shape index (κ3) is 64.8. The molecule has 0 saturated carbocycles. The summed E-state index contributed by atoms with van der Waals surface area (Å²) in [7, 11) is 0. The van der Waals surface area contributed by atoms with Gasteiger partial charge < -0.3 is 14.2 Å². The first-order valence-corrected chi connectivity index (χ1v) is 33.4. The van der Waals surface area contributed by atoms with Gasteiger partial charge >= 0.3 is 17.9 Å². The topological polar surface area (TPSA) is 78.9 Å². The fourth-order valence-electron chi connectivity index (χ4n) is 9.24. The number of hydrogen-bond acceptors (Lipinski definition) is 6. The minimum atomic E-state index is -0.800. The molecule has 0 N–H and O–H groups in total. The molecule has 0 aliphatic carbocycles. The standard InChI is InChI=1S/C73H124O6/c1-4-7-10-13-16-19-22-25-27-29-31-33-35-36-38-39-41-43-45-48-51-54-57-60-63-66-72(75)78-69-70(68-77-71(74)65-62-59-56-53-50-47-24-21-18-15-12-9-6-3)79-73(76)67-64-61-58-55-52-49-46-44-42-40-37-34-32-30-28-26-23-20-17-14-11-8-5-2/h9,12,18,21-23,25-26,29-32,35-37,40,47,50,70H,4-8,10-11,13-17,19-20,24,27-28,33-34,38-39,41-46,48-49,51-69H2,1-3H3/b12-9-,21-18-,25-22-,26-23-,31-29-,32-30-,36-35-,40-37-,50-47-. The molecule has 0 fully saturated rings. The Morgan fingerprint density at radius 2 is 0.494 bits per heavy atom. The van der Waals surface area contributed by atoms with Crippen LogP contribution in [0.1, 0.15) is 316 Å². The molecule has 1 atom stereocenters. The maximum absolute atomic E-state index is 12.9. The summed E-state index contributed by atoms with van der Waals surface area (Å²) >= 11 is 0. The summed E-state index contributed by atoms with van der Waals surface area (Å²) in [6, 6.07) is 0. The highest BCUT2D eigenvalue weighted by Gasteiger charge is 2.19. The van der Waals surface area contributed by atoms with Crippen LogP contribution in [0.5, 0.6) is 0 Å². The predicted molar refractivity (Wildman–Crippen MR) is 343 cm³/mol. The van der Waals surface area contributed by atoms with E-state index in [2.05, 4.69) is 130 Å². The third-order valence-electron chi connectivity index (χ3n) is 14.2. The van der Waals surface area contributed by atoms with Gasteiger partial charge in [-0.25, -0.2) is 0 Å². The molecule has 0 aromatic heterocycles. The minimum Gasteiger partial charge on any atom is -0.462 e. The van der Waals surface area contributed by atoms with E-state index in [1.165, 1.54) is 161 Å². The van der Waals surface area contributed by atoms with E-state index in [1.807, 2.05) is 0 Å². The summed E-state index contributed by atoms with van der Waals surface area (Å²) in [5.74, 6) is -0.927. The van der Waals surface area contributed by atoms with Crippen LogP contribution in [0.25, 0.3) is 0 Å². The van der Waals surface area contributed by atoms with Gasteiger partial charge in [0.2, 0.25) is 0 Å². The highest BCUT2D eigenvalue weighted by molar-refractivity contribution is 5.71. The quantitative estimate of drug-likeness (QED) is 0.0261. The number of esters is 3. The molecule has 0 heterocycles. The lowest BCUT2D eigenvalue weighted by molar-refractivity contribution is -0.167. The van der Waals surface area contributed by atoms with E-state index < -0.39 is 6.10 Å². The maximum atomic E-state index is 12.9. The molecular formula is C73H124O6. The van der Waals surface area contributed by atoms with E-state index in [9.17, 15) is 14.4 Å². The number of rotatable bonds is 60. The predicted octanol–water partition coefficient (Wildman–Crippen LogP) is 23.0. The third-order valence-corrected chi connectivity index (χ3v) is 14.2.